The van der Waals surface area contributed by atoms with Gasteiger partial charge in [0.05, 0.1) is 6.04 Å². The first-order valence-corrected chi connectivity index (χ1v) is 5.59. The molecular weight excluding hydrogens is 200 g/mol. The number of nitrogens with one attached hydrogen (secondary N) is 1. The molecule has 0 fully saturated rings. The fourth-order valence-corrected chi connectivity index (χ4v) is 1.96. The minimum absolute atomic E-state index is 0.0300. The van der Waals surface area contributed by atoms with E-state index < -0.39 is 0 Å². The normalized spacial score (nSPS) is 17.1. The van der Waals surface area contributed by atoms with E-state index in [2.05, 4.69) is 49.3 Å². The lowest BCUT2D eigenvalue weighted by Crippen LogP contribution is -2.53. The quantitative estimate of drug-likeness (QED) is 0.583. The number of aromatic nitrogens is 1. The van der Waals surface area contributed by atoms with Crippen LogP contribution in [0.4, 0.5) is 0 Å². The first kappa shape index (κ1) is 13.1. The van der Waals surface area contributed by atoms with E-state index in [0.717, 1.165) is 12.0 Å². The van der Waals surface area contributed by atoms with Gasteiger partial charge in [-0.25, -0.2) is 0 Å². The number of hydrogen-bond acceptors (Lipinski definition) is 4. The SMILES string of the molecule is CCC(C)(C(NN)c1cccnc1)N(C)C. The van der Waals surface area contributed by atoms with Gasteiger partial charge in [0, 0.05) is 17.9 Å². The maximum Gasteiger partial charge on any atom is 0.0655 e. The van der Waals surface area contributed by atoms with Crippen LogP contribution in [0.2, 0.25) is 0 Å². The van der Waals surface area contributed by atoms with Crippen LogP contribution in [-0.2, 0) is 0 Å². The molecule has 0 aliphatic carbocycles. The Morgan fingerprint density at radius 3 is 2.62 bits per heavy atom. The second-order valence-corrected chi connectivity index (χ2v) is 4.49. The standard InChI is InChI=1S/C12H22N4/c1-5-12(2,16(3)4)11(15-13)10-7-6-8-14-9-10/h6-9,11,15H,5,13H2,1-4H3. The molecule has 16 heavy (non-hydrogen) atoms. The van der Waals surface area contributed by atoms with E-state index >= 15 is 0 Å². The number of hydrazine groups is 1. The Bertz CT molecular complexity index is 312. The number of pyridine rings is 1. The van der Waals surface area contributed by atoms with Gasteiger partial charge in [-0.1, -0.05) is 13.0 Å². The summed E-state index contributed by atoms with van der Waals surface area (Å²) in [4.78, 5) is 6.35. The van der Waals surface area contributed by atoms with Crippen LogP contribution in [-0.4, -0.2) is 29.5 Å². The molecule has 4 heteroatoms. The van der Waals surface area contributed by atoms with Crippen LogP contribution in [0, 0.1) is 0 Å². The van der Waals surface area contributed by atoms with E-state index in [9.17, 15) is 0 Å². The minimum atomic E-state index is -0.0300. The van der Waals surface area contributed by atoms with Crippen molar-refractivity contribution in [2.75, 3.05) is 14.1 Å². The van der Waals surface area contributed by atoms with Gasteiger partial charge >= 0.3 is 0 Å². The maximum absolute atomic E-state index is 5.70. The summed E-state index contributed by atoms with van der Waals surface area (Å²) < 4.78 is 0. The summed E-state index contributed by atoms with van der Waals surface area (Å²) in [6.45, 7) is 4.37. The van der Waals surface area contributed by atoms with Gasteiger partial charge in [0.1, 0.15) is 0 Å². The summed E-state index contributed by atoms with van der Waals surface area (Å²) in [6.07, 6.45) is 4.64. The minimum Gasteiger partial charge on any atom is -0.302 e. The van der Waals surface area contributed by atoms with Crippen LogP contribution in [0.15, 0.2) is 24.5 Å². The Labute approximate surface area is 97.8 Å². The van der Waals surface area contributed by atoms with Crippen molar-refractivity contribution in [3.05, 3.63) is 30.1 Å². The van der Waals surface area contributed by atoms with Gasteiger partial charge in [0.2, 0.25) is 0 Å². The van der Waals surface area contributed by atoms with E-state index in [4.69, 9.17) is 5.84 Å². The summed E-state index contributed by atoms with van der Waals surface area (Å²) in [5.41, 5.74) is 3.99. The molecule has 0 saturated heterocycles. The van der Waals surface area contributed by atoms with Crippen LogP contribution < -0.4 is 11.3 Å². The number of nitrogens with zero attached hydrogens (tertiary/aromatic N) is 2. The highest BCUT2D eigenvalue weighted by Crippen LogP contribution is 2.31. The first-order chi connectivity index (χ1) is 7.56. The molecule has 0 bridgehead atoms. The lowest BCUT2D eigenvalue weighted by atomic mass is 9.84. The lowest BCUT2D eigenvalue weighted by Gasteiger charge is -2.42. The molecule has 90 valence electrons. The van der Waals surface area contributed by atoms with Crippen LogP contribution in [0.25, 0.3) is 0 Å². The highest BCUT2D eigenvalue weighted by molar-refractivity contribution is 5.19. The summed E-state index contributed by atoms with van der Waals surface area (Å²) in [6, 6.07) is 4.06. The molecule has 0 spiro atoms. The average Bonchev–Trinajstić information content (AvgIpc) is 2.30. The van der Waals surface area contributed by atoms with E-state index in [1.165, 1.54) is 0 Å². The van der Waals surface area contributed by atoms with Gasteiger partial charge < -0.3 is 4.90 Å². The number of likely N-dealkylation sites (N-methyl/N-ethyl adjacent to an activating group) is 1. The summed E-state index contributed by atoms with van der Waals surface area (Å²) in [7, 11) is 4.15. The number of hydrogen-bond donors (Lipinski definition) is 2. The Morgan fingerprint density at radius 1 is 1.56 bits per heavy atom. The smallest absolute Gasteiger partial charge is 0.0655 e. The zero-order chi connectivity index (χ0) is 12.2. The number of nitrogens with two attached hydrogens (primary N) is 1. The Morgan fingerprint density at radius 2 is 2.25 bits per heavy atom. The van der Waals surface area contributed by atoms with Crippen molar-refractivity contribution in [2.45, 2.75) is 31.8 Å². The first-order valence-electron chi connectivity index (χ1n) is 5.59. The van der Waals surface area contributed by atoms with Crippen molar-refractivity contribution >= 4 is 0 Å². The Kier molecular flexibility index (Phi) is 4.41. The van der Waals surface area contributed by atoms with Crippen LogP contribution >= 0.6 is 0 Å². The van der Waals surface area contributed by atoms with E-state index in [0.29, 0.717) is 0 Å². The molecule has 0 aliphatic heterocycles. The van der Waals surface area contributed by atoms with Gasteiger partial charge in [0.25, 0.3) is 0 Å². The molecule has 1 heterocycles. The van der Waals surface area contributed by atoms with Crippen molar-refractivity contribution in [1.29, 1.82) is 0 Å². The van der Waals surface area contributed by atoms with Crippen molar-refractivity contribution in [3.63, 3.8) is 0 Å². The third-order valence-electron chi connectivity index (χ3n) is 3.54. The van der Waals surface area contributed by atoms with E-state index in [1.54, 1.807) is 6.20 Å². The van der Waals surface area contributed by atoms with Crippen molar-refractivity contribution in [1.82, 2.24) is 15.3 Å². The lowest BCUT2D eigenvalue weighted by molar-refractivity contribution is 0.113. The summed E-state index contributed by atoms with van der Waals surface area (Å²) >= 11 is 0. The van der Waals surface area contributed by atoms with E-state index in [1.807, 2.05) is 12.3 Å². The largest absolute Gasteiger partial charge is 0.302 e. The maximum atomic E-state index is 5.70. The molecule has 1 aromatic rings. The second kappa shape index (κ2) is 5.39. The molecule has 1 rings (SSSR count). The monoisotopic (exact) mass is 222 g/mol. The van der Waals surface area contributed by atoms with Gasteiger partial charge in [-0.15, -0.1) is 0 Å². The molecule has 1 aromatic heterocycles. The molecule has 0 aliphatic rings. The third kappa shape index (κ3) is 2.40. The topological polar surface area (TPSA) is 54.2 Å². The molecule has 0 radical (unpaired) electrons. The molecular formula is C12H22N4. The molecule has 0 aromatic carbocycles. The van der Waals surface area contributed by atoms with Crippen LogP contribution in [0.3, 0.4) is 0 Å². The molecule has 4 nitrogen and oxygen atoms in total. The fourth-order valence-electron chi connectivity index (χ4n) is 1.96. The summed E-state index contributed by atoms with van der Waals surface area (Å²) in [5.74, 6) is 5.70. The van der Waals surface area contributed by atoms with Crippen molar-refractivity contribution < 1.29 is 0 Å². The van der Waals surface area contributed by atoms with Crippen molar-refractivity contribution in [3.8, 4) is 0 Å². The highest BCUT2D eigenvalue weighted by Gasteiger charge is 2.35. The van der Waals surface area contributed by atoms with Gasteiger partial charge in [-0.05, 0) is 39.1 Å². The molecule has 3 N–H and O–H groups in total. The average molecular weight is 222 g/mol. The number of rotatable bonds is 5. The molecule has 2 unspecified atom stereocenters. The summed E-state index contributed by atoms with van der Waals surface area (Å²) in [5, 5.41) is 0. The zero-order valence-electron chi connectivity index (χ0n) is 10.6. The molecule has 2 atom stereocenters. The van der Waals surface area contributed by atoms with Gasteiger partial charge in [0.15, 0.2) is 0 Å². The Balaban J connectivity index is 3.06. The predicted molar refractivity (Wildman–Crippen MR) is 66.7 cm³/mol. The molecule has 0 amide bonds. The highest BCUT2D eigenvalue weighted by atomic mass is 15.3. The van der Waals surface area contributed by atoms with Crippen molar-refractivity contribution in [2.24, 2.45) is 5.84 Å². The Hall–Kier alpha value is -0.970. The van der Waals surface area contributed by atoms with Gasteiger partial charge in [-0.3, -0.25) is 16.3 Å². The van der Waals surface area contributed by atoms with E-state index in [-0.39, 0.29) is 11.6 Å². The third-order valence-corrected chi connectivity index (χ3v) is 3.54. The van der Waals surface area contributed by atoms with Crippen LogP contribution in [0.1, 0.15) is 31.9 Å². The molecule has 0 saturated carbocycles. The van der Waals surface area contributed by atoms with Crippen LogP contribution in [0.5, 0.6) is 0 Å². The zero-order valence-corrected chi connectivity index (χ0v) is 10.6. The predicted octanol–water partition coefficient (Wildman–Crippen LogP) is 1.32. The van der Waals surface area contributed by atoms with Gasteiger partial charge in [-0.2, -0.15) is 0 Å². The second-order valence-electron chi connectivity index (χ2n) is 4.49. The fraction of sp³-hybridized carbons (Fsp3) is 0.583.